The standard InChI is InChI=1S/C11H21NO2/c1-9(14-10(2,3)4)12-7-11(8-13)5-6-11/h12-13H,1,5-8H2,2-4H3. The van der Waals surface area contributed by atoms with Crippen LogP contribution >= 0.6 is 0 Å². The summed E-state index contributed by atoms with van der Waals surface area (Å²) in [4.78, 5) is 0. The van der Waals surface area contributed by atoms with Crippen LogP contribution in [0.1, 0.15) is 33.6 Å². The van der Waals surface area contributed by atoms with Gasteiger partial charge in [-0.3, -0.25) is 0 Å². The Morgan fingerprint density at radius 3 is 2.43 bits per heavy atom. The third kappa shape index (κ3) is 3.58. The number of rotatable bonds is 5. The van der Waals surface area contributed by atoms with Crippen LogP contribution in [0.4, 0.5) is 0 Å². The van der Waals surface area contributed by atoms with Crippen molar-refractivity contribution in [3.8, 4) is 0 Å². The largest absolute Gasteiger partial charge is 0.474 e. The fourth-order valence-corrected chi connectivity index (χ4v) is 1.26. The van der Waals surface area contributed by atoms with Gasteiger partial charge in [0, 0.05) is 12.0 Å². The second-order valence-electron chi connectivity index (χ2n) is 5.15. The molecule has 0 aromatic rings. The fraction of sp³-hybridized carbons (Fsp3) is 0.818. The van der Waals surface area contributed by atoms with Crippen molar-refractivity contribution in [3.05, 3.63) is 12.5 Å². The van der Waals surface area contributed by atoms with Crippen LogP contribution in [0.15, 0.2) is 12.5 Å². The van der Waals surface area contributed by atoms with Gasteiger partial charge in [-0.15, -0.1) is 0 Å². The van der Waals surface area contributed by atoms with Crippen LogP contribution in [0, 0.1) is 5.41 Å². The van der Waals surface area contributed by atoms with Crippen molar-refractivity contribution in [1.82, 2.24) is 5.32 Å². The molecule has 82 valence electrons. The van der Waals surface area contributed by atoms with Crippen molar-refractivity contribution < 1.29 is 9.84 Å². The molecule has 3 nitrogen and oxygen atoms in total. The molecule has 0 amide bonds. The summed E-state index contributed by atoms with van der Waals surface area (Å²) in [5, 5.41) is 12.2. The summed E-state index contributed by atoms with van der Waals surface area (Å²) in [5.74, 6) is 0.595. The summed E-state index contributed by atoms with van der Waals surface area (Å²) < 4.78 is 5.52. The first-order valence-electron chi connectivity index (χ1n) is 5.10. The van der Waals surface area contributed by atoms with Gasteiger partial charge in [-0.2, -0.15) is 0 Å². The molecule has 0 atom stereocenters. The second-order valence-corrected chi connectivity index (χ2v) is 5.15. The maximum atomic E-state index is 9.09. The first-order chi connectivity index (χ1) is 6.37. The van der Waals surface area contributed by atoms with E-state index in [0.717, 1.165) is 19.4 Å². The van der Waals surface area contributed by atoms with Gasteiger partial charge in [0.1, 0.15) is 5.60 Å². The summed E-state index contributed by atoms with van der Waals surface area (Å²) >= 11 is 0. The minimum absolute atomic E-state index is 0.101. The number of aliphatic hydroxyl groups excluding tert-OH is 1. The molecule has 14 heavy (non-hydrogen) atoms. The summed E-state index contributed by atoms with van der Waals surface area (Å²) in [6.45, 7) is 10.8. The minimum Gasteiger partial charge on any atom is -0.474 e. The number of hydrogen-bond acceptors (Lipinski definition) is 3. The lowest BCUT2D eigenvalue weighted by Gasteiger charge is -2.24. The highest BCUT2D eigenvalue weighted by molar-refractivity contribution is 4.97. The van der Waals surface area contributed by atoms with E-state index in [1.54, 1.807) is 0 Å². The van der Waals surface area contributed by atoms with Crippen LogP contribution in [0.3, 0.4) is 0 Å². The molecule has 0 radical (unpaired) electrons. The van der Waals surface area contributed by atoms with E-state index >= 15 is 0 Å². The fourth-order valence-electron chi connectivity index (χ4n) is 1.26. The highest BCUT2D eigenvalue weighted by Gasteiger charge is 2.41. The zero-order valence-corrected chi connectivity index (χ0v) is 9.39. The average molecular weight is 199 g/mol. The van der Waals surface area contributed by atoms with Crippen LogP contribution in [0.5, 0.6) is 0 Å². The summed E-state index contributed by atoms with van der Waals surface area (Å²) in [7, 11) is 0. The minimum atomic E-state index is -0.208. The number of aliphatic hydroxyl groups is 1. The zero-order valence-electron chi connectivity index (χ0n) is 9.39. The molecule has 1 aliphatic rings. The topological polar surface area (TPSA) is 41.5 Å². The monoisotopic (exact) mass is 199 g/mol. The lowest BCUT2D eigenvalue weighted by atomic mass is 10.1. The van der Waals surface area contributed by atoms with Crippen LogP contribution in [-0.2, 0) is 4.74 Å². The van der Waals surface area contributed by atoms with Gasteiger partial charge in [-0.1, -0.05) is 0 Å². The Morgan fingerprint density at radius 1 is 1.50 bits per heavy atom. The number of nitrogens with one attached hydrogen (secondary N) is 1. The molecule has 0 saturated heterocycles. The van der Waals surface area contributed by atoms with Crippen LogP contribution < -0.4 is 5.32 Å². The van der Waals surface area contributed by atoms with E-state index in [1.807, 2.05) is 20.8 Å². The van der Waals surface area contributed by atoms with E-state index in [0.29, 0.717) is 5.88 Å². The first kappa shape index (κ1) is 11.4. The van der Waals surface area contributed by atoms with Gasteiger partial charge in [0.25, 0.3) is 0 Å². The third-order valence-corrected chi connectivity index (χ3v) is 2.38. The van der Waals surface area contributed by atoms with Gasteiger partial charge < -0.3 is 15.2 Å². The van der Waals surface area contributed by atoms with E-state index in [-0.39, 0.29) is 17.6 Å². The molecule has 0 spiro atoms. The Labute approximate surface area is 86.2 Å². The molecule has 1 rings (SSSR count). The van der Waals surface area contributed by atoms with E-state index in [2.05, 4.69) is 11.9 Å². The number of ether oxygens (including phenoxy) is 1. The predicted octanol–water partition coefficient (Wildman–Crippen LogP) is 1.63. The Balaban J connectivity index is 2.22. The van der Waals surface area contributed by atoms with Crippen molar-refractivity contribution in [3.63, 3.8) is 0 Å². The average Bonchev–Trinajstić information content (AvgIpc) is 2.78. The van der Waals surface area contributed by atoms with Crippen molar-refractivity contribution in [2.75, 3.05) is 13.2 Å². The van der Waals surface area contributed by atoms with Crippen molar-refractivity contribution in [2.24, 2.45) is 5.41 Å². The van der Waals surface area contributed by atoms with E-state index in [1.165, 1.54) is 0 Å². The molecule has 1 aliphatic carbocycles. The maximum absolute atomic E-state index is 9.09. The Morgan fingerprint density at radius 2 is 2.07 bits per heavy atom. The Hall–Kier alpha value is -0.700. The van der Waals surface area contributed by atoms with Crippen LogP contribution in [0.25, 0.3) is 0 Å². The number of hydrogen-bond donors (Lipinski definition) is 2. The predicted molar refractivity (Wildman–Crippen MR) is 56.7 cm³/mol. The maximum Gasteiger partial charge on any atom is 0.179 e. The summed E-state index contributed by atoms with van der Waals surface area (Å²) in [5.41, 5.74) is -0.107. The van der Waals surface area contributed by atoms with E-state index in [4.69, 9.17) is 9.84 Å². The van der Waals surface area contributed by atoms with Crippen molar-refractivity contribution in [1.29, 1.82) is 0 Å². The van der Waals surface area contributed by atoms with Gasteiger partial charge in [-0.25, -0.2) is 0 Å². The first-order valence-corrected chi connectivity index (χ1v) is 5.10. The molecule has 0 heterocycles. The van der Waals surface area contributed by atoms with Crippen molar-refractivity contribution in [2.45, 2.75) is 39.2 Å². The molecular weight excluding hydrogens is 178 g/mol. The summed E-state index contributed by atoms with van der Waals surface area (Å²) in [6.07, 6.45) is 2.19. The smallest absolute Gasteiger partial charge is 0.179 e. The van der Waals surface area contributed by atoms with Gasteiger partial charge in [0.05, 0.1) is 6.61 Å². The molecule has 0 aliphatic heterocycles. The second kappa shape index (κ2) is 3.81. The van der Waals surface area contributed by atoms with E-state index < -0.39 is 0 Å². The van der Waals surface area contributed by atoms with Crippen LogP contribution in [-0.4, -0.2) is 23.9 Å². The lowest BCUT2D eigenvalue weighted by molar-refractivity contribution is 0.0390. The lowest BCUT2D eigenvalue weighted by Crippen LogP contribution is -2.30. The normalized spacial score (nSPS) is 18.9. The molecule has 0 unspecified atom stereocenters. The molecule has 0 aromatic heterocycles. The van der Waals surface area contributed by atoms with Gasteiger partial charge in [-0.05, 0) is 40.2 Å². The molecule has 1 fully saturated rings. The van der Waals surface area contributed by atoms with Gasteiger partial charge in [0.15, 0.2) is 5.88 Å². The molecule has 0 bridgehead atoms. The van der Waals surface area contributed by atoms with Gasteiger partial charge in [0.2, 0.25) is 0 Å². The highest BCUT2D eigenvalue weighted by atomic mass is 16.5. The Bertz CT molecular complexity index is 214. The molecule has 2 N–H and O–H groups in total. The molecule has 1 saturated carbocycles. The molecule has 0 aromatic carbocycles. The molecule has 3 heteroatoms. The SMILES string of the molecule is C=C(NCC1(CO)CC1)OC(C)(C)C. The molecular formula is C11H21NO2. The third-order valence-electron chi connectivity index (χ3n) is 2.38. The van der Waals surface area contributed by atoms with Crippen molar-refractivity contribution >= 4 is 0 Å². The van der Waals surface area contributed by atoms with E-state index in [9.17, 15) is 0 Å². The highest BCUT2D eigenvalue weighted by Crippen LogP contribution is 2.44. The summed E-state index contributed by atoms with van der Waals surface area (Å²) in [6, 6.07) is 0. The van der Waals surface area contributed by atoms with Crippen LogP contribution in [0.2, 0.25) is 0 Å². The Kier molecular flexibility index (Phi) is 3.10. The van der Waals surface area contributed by atoms with Gasteiger partial charge >= 0.3 is 0 Å². The quantitative estimate of drug-likeness (QED) is 0.661. The zero-order chi connectivity index (χ0) is 10.8.